The number of aliphatic imine (C=N–C) groups is 1. The van der Waals surface area contributed by atoms with Crippen LogP contribution in [0, 0.1) is 18.3 Å². The van der Waals surface area contributed by atoms with Gasteiger partial charge in [0, 0.05) is 22.9 Å². The smallest absolute Gasteiger partial charge is 0.133 e. The van der Waals surface area contributed by atoms with Crippen molar-refractivity contribution in [2.75, 3.05) is 26.2 Å². The third-order valence-electron chi connectivity index (χ3n) is 4.23. The molecule has 2 aromatic rings. The van der Waals surface area contributed by atoms with E-state index < -0.39 is 0 Å². The zero-order chi connectivity index (χ0) is 17.5. The average Bonchev–Trinajstić information content (AvgIpc) is 3.06. The quantitative estimate of drug-likeness (QED) is 0.801. The second kappa shape index (κ2) is 8.86. The fourth-order valence-electron chi connectivity index (χ4n) is 2.97. The Morgan fingerprint density at radius 3 is 3.04 bits per heavy atom. The van der Waals surface area contributed by atoms with Crippen LogP contribution < -0.4 is 4.90 Å². The number of hydrogen-bond acceptors (Lipinski definition) is 5. The maximum Gasteiger partial charge on any atom is 0.133 e. The van der Waals surface area contributed by atoms with Crippen LogP contribution in [0.1, 0.15) is 22.2 Å². The number of aromatic nitrogens is 1. The second-order valence-corrected chi connectivity index (χ2v) is 7.20. The zero-order valence-corrected chi connectivity index (χ0v) is 15.2. The van der Waals surface area contributed by atoms with Gasteiger partial charge >= 0.3 is 0 Å². The fraction of sp³-hybridized carbons (Fsp3) is 0.421. The summed E-state index contributed by atoms with van der Waals surface area (Å²) in [5, 5.41) is 12.1. The molecule has 0 saturated carbocycles. The van der Waals surface area contributed by atoms with Gasteiger partial charge in [0.05, 0.1) is 19.2 Å². The molecule has 0 spiro atoms. The number of aryl methyl sites for hydroxylation is 1. The van der Waals surface area contributed by atoms with Crippen LogP contribution in [0.2, 0.25) is 0 Å². The largest absolute Gasteiger partial charge is 0.365 e. The van der Waals surface area contributed by atoms with Crippen LogP contribution in [0.4, 0.5) is 0 Å². The van der Waals surface area contributed by atoms with Gasteiger partial charge in [0.1, 0.15) is 36.7 Å². The van der Waals surface area contributed by atoms with Gasteiger partial charge in [0.2, 0.25) is 0 Å². The van der Waals surface area contributed by atoms with Gasteiger partial charge in [-0.25, -0.2) is 4.98 Å². The molecule has 130 valence electrons. The number of morpholine rings is 1. The fourth-order valence-corrected chi connectivity index (χ4v) is 3.77. The minimum atomic E-state index is -0.366. The molecule has 5 nitrogen and oxygen atoms in total. The number of quaternary nitrogens is 1. The summed E-state index contributed by atoms with van der Waals surface area (Å²) in [5.41, 5.74) is 2.30. The molecular formula is C19H23N4OS+. The second-order valence-electron chi connectivity index (χ2n) is 6.31. The average molecular weight is 355 g/mol. The number of nitriles is 1. The molecule has 0 aliphatic carbocycles. The van der Waals surface area contributed by atoms with E-state index >= 15 is 0 Å². The van der Waals surface area contributed by atoms with Crippen LogP contribution in [0.5, 0.6) is 0 Å². The van der Waals surface area contributed by atoms with Crippen LogP contribution in [-0.4, -0.2) is 43.5 Å². The summed E-state index contributed by atoms with van der Waals surface area (Å²) in [6.45, 7) is 6.28. The standard InChI is InChI=1S/C19H22N4OS/c1-15-14-25-19(22-15)17(9-20)10-21-11-18-13-23(7-8-24-18)12-16-5-3-2-4-6-16/h2-6,10,14,17-18H,7-8,11-13H2,1H3/p+1/t17-,18+/m0/s1. The van der Waals surface area contributed by atoms with Crippen LogP contribution in [-0.2, 0) is 11.3 Å². The molecule has 1 saturated heterocycles. The number of nitrogens with one attached hydrogen (secondary N) is 1. The van der Waals surface area contributed by atoms with E-state index in [9.17, 15) is 5.26 Å². The molecule has 3 atom stereocenters. The van der Waals surface area contributed by atoms with Crippen molar-refractivity contribution in [1.82, 2.24) is 4.98 Å². The molecule has 1 aliphatic rings. The summed E-state index contributed by atoms with van der Waals surface area (Å²) in [5.74, 6) is -0.366. The lowest BCUT2D eigenvalue weighted by Gasteiger charge is -2.29. The van der Waals surface area contributed by atoms with Gasteiger partial charge in [0.25, 0.3) is 0 Å². The Bertz CT molecular complexity index is 737. The van der Waals surface area contributed by atoms with Crippen molar-refractivity contribution >= 4 is 17.6 Å². The van der Waals surface area contributed by atoms with Crippen LogP contribution in [0.15, 0.2) is 40.7 Å². The highest BCUT2D eigenvalue weighted by Gasteiger charge is 2.23. The molecule has 25 heavy (non-hydrogen) atoms. The molecule has 0 amide bonds. The van der Waals surface area contributed by atoms with Crippen LogP contribution in [0.3, 0.4) is 0 Å². The third kappa shape index (κ3) is 5.20. The lowest BCUT2D eigenvalue weighted by molar-refractivity contribution is -0.924. The van der Waals surface area contributed by atoms with E-state index in [0.29, 0.717) is 6.54 Å². The Hall–Kier alpha value is -2.07. The highest BCUT2D eigenvalue weighted by molar-refractivity contribution is 7.09. The van der Waals surface area contributed by atoms with Crippen molar-refractivity contribution in [3.63, 3.8) is 0 Å². The van der Waals surface area contributed by atoms with Gasteiger partial charge in [-0.15, -0.1) is 11.3 Å². The molecular weight excluding hydrogens is 332 g/mol. The van der Waals surface area contributed by atoms with Crippen molar-refractivity contribution in [2.45, 2.75) is 25.5 Å². The predicted molar refractivity (Wildman–Crippen MR) is 99.1 cm³/mol. The molecule has 1 aliphatic heterocycles. The van der Waals surface area contributed by atoms with E-state index in [2.05, 4.69) is 40.3 Å². The molecule has 3 rings (SSSR count). The first-order chi connectivity index (χ1) is 12.2. The SMILES string of the molecule is Cc1csc([C@@H](C#N)C=NC[C@@H]2C[NH+](Cc3ccccc3)CCO2)n1. The van der Waals surface area contributed by atoms with Crippen molar-refractivity contribution in [2.24, 2.45) is 4.99 Å². The van der Waals surface area contributed by atoms with Gasteiger partial charge in [-0.1, -0.05) is 30.3 Å². The van der Waals surface area contributed by atoms with Gasteiger partial charge in [-0.2, -0.15) is 5.26 Å². The topological polar surface area (TPSA) is 62.7 Å². The summed E-state index contributed by atoms with van der Waals surface area (Å²) in [6.07, 6.45) is 1.83. The first kappa shape index (κ1) is 17.7. The highest BCUT2D eigenvalue weighted by atomic mass is 32.1. The number of nitrogens with zero attached hydrogens (tertiary/aromatic N) is 3. The van der Waals surface area contributed by atoms with Crippen LogP contribution in [0.25, 0.3) is 0 Å². The van der Waals surface area contributed by atoms with Crippen molar-refractivity contribution < 1.29 is 9.64 Å². The maximum atomic E-state index is 9.32. The van der Waals surface area contributed by atoms with Gasteiger partial charge in [-0.05, 0) is 6.92 Å². The lowest BCUT2D eigenvalue weighted by Crippen LogP contribution is -3.13. The normalized spacial score (nSPS) is 21.9. The molecule has 0 radical (unpaired) electrons. The maximum absolute atomic E-state index is 9.32. The molecule has 1 N–H and O–H groups in total. The summed E-state index contributed by atoms with van der Waals surface area (Å²) < 4.78 is 5.84. The third-order valence-corrected chi connectivity index (χ3v) is 5.27. The van der Waals surface area contributed by atoms with Gasteiger partial charge < -0.3 is 9.64 Å². The van der Waals surface area contributed by atoms with Crippen molar-refractivity contribution in [1.29, 1.82) is 5.26 Å². The highest BCUT2D eigenvalue weighted by Crippen LogP contribution is 2.18. The summed E-state index contributed by atoms with van der Waals surface area (Å²) >= 11 is 1.51. The minimum absolute atomic E-state index is 0.112. The summed E-state index contributed by atoms with van der Waals surface area (Å²) in [6, 6.07) is 12.8. The Morgan fingerprint density at radius 2 is 2.32 bits per heavy atom. The Kier molecular flexibility index (Phi) is 6.29. The van der Waals surface area contributed by atoms with E-state index in [1.165, 1.54) is 21.8 Å². The van der Waals surface area contributed by atoms with Gasteiger partial charge in [0.15, 0.2) is 0 Å². The number of hydrogen-bond donors (Lipinski definition) is 1. The number of benzene rings is 1. The first-order valence-corrected chi connectivity index (χ1v) is 9.43. The van der Waals surface area contributed by atoms with Crippen molar-refractivity contribution in [3.05, 3.63) is 52.0 Å². The minimum Gasteiger partial charge on any atom is -0.365 e. The first-order valence-electron chi connectivity index (χ1n) is 8.55. The predicted octanol–water partition coefficient (Wildman–Crippen LogP) is 1.61. The molecule has 1 aromatic carbocycles. The molecule has 0 bridgehead atoms. The van der Waals surface area contributed by atoms with Crippen molar-refractivity contribution in [3.8, 4) is 6.07 Å². The molecule has 1 aromatic heterocycles. The van der Waals surface area contributed by atoms with E-state index in [1.54, 1.807) is 6.21 Å². The van der Waals surface area contributed by atoms with E-state index in [1.807, 2.05) is 18.4 Å². The zero-order valence-electron chi connectivity index (χ0n) is 14.4. The Labute approximate surface area is 152 Å². The van der Waals surface area contributed by atoms with Crippen LogP contribution >= 0.6 is 11.3 Å². The molecule has 2 heterocycles. The Balaban J connectivity index is 1.51. The molecule has 1 fully saturated rings. The lowest BCUT2D eigenvalue weighted by atomic mass is 10.2. The van der Waals surface area contributed by atoms with Gasteiger partial charge in [-0.3, -0.25) is 4.99 Å². The molecule has 6 heteroatoms. The number of rotatable bonds is 6. The number of thiazole rings is 1. The number of ether oxygens (including phenoxy) is 1. The van der Waals surface area contributed by atoms with E-state index in [4.69, 9.17) is 4.74 Å². The molecule has 1 unspecified atom stereocenters. The van der Waals surface area contributed by atoms with E-state index in [-0.39, 0.29) is 12.0 Å². The van der Waals surface area contributed by atoms with E-state index in [0.717, 1.165) is 36.9 Å². The summed E-state index contributed by atoms with van der Waals surface area (Å²) in [7, 11) is 0. The Morgan fingerprint density at radius 1 is 1.48 bits per heavy atom. The summed E-state index contributed by atoms with van der Waals surface area (Å²) in [4.78, 5) is 10.4. The monoisotopic (exact) mass is 355 g/mol.